The Kier molecular flexibility index (Phi) is 6.50. The van der Waals surface area contributed by atoms with Crippen LogP contribution in [0.15, 0.2) is 48.5 Å². The van der Waals surface area contributed by atoms with Gasteiger partial charge in [0.25, 0.3) is 0 Å². The molecule has 2 N–H and O–H groups in total. The number of carbonyl (C=O) groups is 3. The van der Waals surface area contributed by atoms with Crippen molar-refractivity contribution in [2.75, 3.05) is 19.7 Å². The summed E-state index contributed by atoms with van der Waals surface area (Å²) in [4.78, 5) is 38.3. The van der Waals surface area contributed by atoms with Gasteiger partial charge in [-0.05, 0) is 53.4 Å². The molecule has 184 valence electrons. The first-order valence-electron chi connectivity index (χ1n) is 12.5. The fourth-order valence-corrected chi connectivity index (χ4v) is 6.07. The number of aliphatic carboxylic acids is 1. The van der Waals surface area contributed by atoms with Crippen LogP contribution in [0.3, 0.4) is 0 Å². The van der Waals surface area contributed by atoms with E-state index in [1.54, 1.807) is 4.90 Å². The fourth-order valence-electron chi connectivity index (χ4n) is 6.07. The number of amides is 2. The summed E-state index contributed by atoms with van der Waals surface area (Å²) in [5, 5.41) is 12.3. The maximum atomic E-state index is 12.7. The van der Waals surface area contributed by atoms with Crippen LogP contribution in [0.1, 0.15) is 49.7 Å². The fraction of sp³-hybridized carbons (Fsp3) is 0.464. The van der Waals surface area contributed by atoms with E-state index in [1.807, 2.05) is 31.2 Å². The number of hydrogen-bond acceptors (Lipinski definition) is 4. The number of alkyl carbamates (subject to hydrolysis) is 1. The second-order valence-corrected chi connectivity index (χ2v) is 10.3. The molecule has 0 bridgehead atoms. The lowest BCUT2D eigenvalue weighted by Crippen LogP contribution is -2.35. The number of fused-ring (bicyclic) bond motifs is 3. The summed E-state index contributed by atoms with van der Waals surface area (Å²) in [5.74, 6) is -1.10. The third-order valence-corrected chi connectivity index (χ3v) is 7.95. The van der Waals surface area contributed by atoms with E-state index in [1.165, 1.54) is 22.3 Å². The molecule has 2 aliphatic carbocycles. The van der Waals surface area contributed by atoms with Crippen LogP contribution < -0.4 is 5.32 Å². The smallest absolute Gasteiger partial charge is 0.407 e. The summed E-state index contributed by atoms with van der Waals surface area (Å²) >= 11 is 0. The average Bonchev–Trinajstić information content (AvgIpc) is 3.53. The molecule has 5 rings (SSSR count). The van der Waals surface area contributed by atoms with Crippen LogP contribution in [0.2, 0.25) is 0 Å². The number of carboxylic acids is 1. The third-order valence-electron chi connectivity index (χ3n) is 7.95. The van der Waals surface area contributed by atoms with Gasteiger partial charge in [-0.1, -0.05) is 55.5 Å². The summed E-state index contributed by atoms with van der Waals surface area (Å²) in [6.45, 7) is 2.97. The Hall–Kier alpha value is -3.35. The number of ether oxygens (including phenoxy) is 1. The molecular formula is C28H32N2O5. The predicted octanol–water partition coefficient (Wildman–Crippen LogP) is 4.26. The van der Waals surface area contributed by atoms with Crippen LogP contribution in [0.5, 0.6) is 0 Å². The van der Waals surface area contributed by atoms with Crippen molar-refractivity contribution in [1.82, 2.24) is 10.2 Å². The van der Waals surface area contributed by atoms with E-state index >= 15 is 0 Å². The van der Waals surface area contributed by atoms with Crippen molar-refractivity contribution in [2.24, 2.45) is 17.8 Å². The van der Waals surface area contributed by atoms with Gasteiger partial charge in [-0.15, -0.1) is 0 Å². The van der Waals surface area contributed by atoms with E-state index in [2.05, 4.69) is 29.6 Å². The standard InChI is InChI=1S/C28H32N2O5/c1-17-14-30(15-24(17)27(32)33)26(31)13-18-10-11-19(12-18)29-28(34)35-16-25-22-8-4-2-6-20(22)21-7-3-5-9-23(21)25/h2-9,17-19,24-25H,10-16H2,1H3,(H,29,34)(H,32,33)/t17?,18-,19+,24?/m1/s1. The van der Waals surface area contributed by atoms with Crippen LogP contribution in [0, 0.1) is 17.8 Å². The summed E-state index contributed by atoms with van der Waals surface area (Å²) in [7, 11) is 0. The molecule has 2 aromatic carbocycles. The molecule has 1 saturated carbocycles. The zero-order valence-corrected chi connectivity index (χ0v) is 20.0. The van der Waals surface area contributed by atoms with E-state index in [0.717, 1.165) is 19.3 Å². The van der Waals surface area contributed by atoms with E-state index in [0.29, 0.717) is 19.5 Å². The molecule has 2 unspecified atom stereocenters. The Balaban J connectivity index is 1.10. The normalized spacial score (nSPS) is 25.2. The monoisotopic (exact) mass is 476 g/mol. The highest BCUT2D eigenvalue weighted by Crippen LogP contribution is 2.44. The first-order valence-corrected chi connectivity index (χ1v) is 12.5. The van der Waals surface area contributed by atoms with Crippen molar-refractivity contribution in [2.45, 2.75) is 44.6 Å². The van der Waals surface area contributed by atoms with Gasteiger partial charge in [-0.2, -0.15) is 0 Å². The third kappa shape index (κ3) is 4.77. The molecule has 35 heavy (non-hydrogen) atoms. The topological polar surface area (TPSA) is 95.9 Å². The minimum Gasteiger partial charge on any atom is -0.481 e. The predicted molar refractivity (Wildman–Crippen MR) is 131 cm³/mol. The number of rotatable bonds is 6. The molecule has 7 nitrogen and oxygen atoms in total. The number of benzene rings is 2. The Bertz CT molecular complexity index is 1090. The van der Waals surface area contributed by atoms with Gasteiger partial charge >= 0.3 is 12.1 Å². The first-order chi connectivity index (χ1) is 16.9. The largest absolute Gasteiger partial charge is 0.481 e. The molecule has 4 atom stereocenters. The zero-order valence-electron chi connectivity index (χ0n) is 20.0. The van der Waals surface area contributed by atoms with Gasteiger partial charge in [0.15, 0.2) is 0 Å². The Morgan fingerprint density at radius 3 is 2.29 bits per heavy atom. The highest BCUT2D eigenvalue weighted by Gasteiger charge is 2.38. The van der Waals surface area contributed by atoms with Crippen molar-refractivity contribution >= 4 is 18.0 Å². The van der Waals surface area contributed by atoms with Gasteiger partial charge in [-0.25, -0.2) is 4.79 Å². The number of hydrogen-bond donors (Lipinski definition) is 2. The molecule has 1 saturated heterocycles. The number of nitrogens with zero attached hydrogens (tertiary/aromatic N) is 1. The summed E-state index contributed by atoms with van der Waals surface area (Å²) in [5.41, 5.74) is 4.76. The Morgan fingerprint density at radius 2 is 1.66 bits per heavy atom. The zero-order chi connectivity index (χ0) is 24.5. The molecule has 1 aliphatic heterocycles. The van der Waals surface area contributed by atoms with Crippen LogP contribution in [-0.2, 0) is 14.3 Å². The number of nitrogens with one attached hydrogen (secondary N) is 1. The minimum absolute atomic E-state index is 0.00674. The Labute approximate surface area is 205 Å². The lowest BCUT2D eigenvalue weighted by molar-refractivity contribution is -0.142. The van der Waals surface area contributed by atoms with Gasteiger partial charge in [0.05, 0.1) is 5.92 Å². The van der Waals surface area contributed by atoms with E-state index in [4.69, 9.17) is 4.74 Å². The lowest BCUT2D eigenvalue weighted by Gasteiger charge is -2.19. The van der Waals surface area contributed by atoms with E-state index in [-0.39, 0.29) is 36.3 Å². The van der Waals surface area contributed by atoms with Crippen molar-refractivity contribution in [3.8, 4) is 11.1 Å². The van der Waals surface area contributed by atoms with Crippen molar-refractivity contribution in [3.63, 3.8) is 0 Å². The van der Waals surface area contributed by atoms with Gasteiger partial charge in [-0.3, -0.25) is 9.59 Å². The van der Waals surface area contributed by atoms with E-state index < -0.39 is 18.0 Å². The molecule has 7 heteroatoms. The van der Waals surface area contributed by atoms with Crippen LogP contribution in [0.4, 0.5) is 4.79 Å². The SMILES string of the molecule is CC1CN(C(=O)C[C@@H]2CC[C@H](NC(=O)OCC3c4ccccc4-c4ccccc43)C2)CC1C(=O)O. The van der Waals surface area contributed by atoms with Gasteiger partial charge < -0.3 is 20.1 Å². The second-order valence-electron chi connectivity index (χ2n) is 10.3. The van der Waals surface area contributed by atoms with Gasteiger partial charge in [0.1, 0.15) is 6.61 Å². The second kappa shape index (κ2) is 9.72. The van der Waals surface area contributed by atoms with Crippen LogP contribution >= 0.6 is 0 Å². The van der Waals surface area contributed by atoms with Crippen molar-refractivity contribution in [3.05, 3.63) is 59.7 Å². The van der Waals surface area contributed by atoms with E-state index in [9.17, 15) is 19.5 Å². The summed E-state index contributed by atoms with van der Waals surface area (Å²) in [6, 6.07) is 16.5. The highest BCUT2D eigenvalue weighted by atomic mass is 16.5. The van der Waals surface area contributed by atoms with Crippen LogP contribution in [-0.4, -0.2) is 53.7 Å². The maximum absolute atomic E-state index is 12.7. The minimum atomic E-state index is -0.832. The van der Waals surface area contributed by atoms with Crippen molar-refractivity contribution in [1.29, 1.82) is 0 Å². The maximum Gasteiger partial charge on any atom is 0.407 e. The molecule has 2 aromatic rings. The molecule has 2 amide bonds. The highest BCUT2D eigenvalue weighted by molar-refractivity contribution is 5.80. The first kappa shape index (κ1) is 23.4. The molecule has 3 aliphatic rings. The number of carbonyl (C=O) groups excluding carboxylic acids is 2. The van der Waals surface area contributed by atoms with Gasteiger partial charge in [0, 0.05) is 31.5 Å². The molecule has 0 spiro atoms. The summed E-state index contributed by atoms with van der Waals surface area (Å²) in [6.07, 6.45) is 2.41. The molecule has 0 aromatic heterocycles. The quantitative estimate of drug-likeness (QED) is 0.649. The van der Waals surface area contributed by atoms with Gasteiger partial charge in [0.2, 0.25) is 5.91 Å². The Morgan fingerprint density at radius 1 is 1.00 bits per heavy atom. The van der Waals surface area contributed by atoms with Crippen LogP contribution in [0.25, 0.3) is 11.1 Å². The molecule has 1 heterocycles. The number of carboxylic acid groups (broad SMARTS) is 1. The molecular weight excluding hydrogens is 444 g/mol. The number of likely N-dealkylation sites (tertiary alicyclic amines) is 1. The molecule has 0 radical (unpaired) electrons. The molecule has 2 fully saturated rings. The van der Waals surface area contributed by atoms with Crippen molar-refractivity contribution < 1.29 is 24.2 Å². The average molecular weight is 477 g/mol. The summed E-state index contributed by atoms with van der Waals surface area (Å²) < 4.78 is 5.66. The lowest BCUT2D eigenvalue weighted by atomic mass is 9.98.